The number of nitrogens with one attached hydrogen (secondary N) is 1. The van der Waals surface area contributed by atoms with E-state index in [2.05, 4.69) is 5.32 Å². The molecule has 1 N–H and O–H groups in total. The number of methoxy groups -OCH3 is 2. The summed E-state index contributed by atoms with van der Waals surface area (Å²) in [4.78, 5) is 25.5. The Balaban J connectivity index is 1.93. The van der Waals surface area contributed by atoms with E-state index in [9.17, 15) is 18.4 Å². The van der Waals surface area contributed by atoms with Gasteiger partial charge in [-0.15, -0.1) is 0 Å². The van der Waals surface area contributed by atoms with Crippen molar-refractivity contribution in [3.05, 3.63) is 29.3 Å². The fourth-order valence-corrected chi connectivity index (χ4v) is 2.62. The number of benzene rings is 1. The average Bonchev–Trinajstić information content (AvgIpc) is 2.90. The third-order valence-electron chi connectivity index (χ3n) is 3.89. The van der Waals surface area contributed by atoms with Crippen molar-refractivity contribution in [1.82, 2.24) is 10.2 Å². The molecule has 1 aliphatic rings. The summed E-state index contributed by atoms with van der Waals surface area (Å²) in [5, 5.41) is 2.49. The van der Waals surface area contributed by atoms with Crippen LogP contribution in [0.4, 0.5) is 8.78 Å². The van der Waals surface area contributed by atoms with Crippen molar-refractivity contribution in [3.8, 4) is 5.75 Å². The lowest BCUT2D eigenvalue weighted by atomic mass is 10.1. The van der Waals surface area contributed by atoms with Gasteiger partial charge >= 0.3 is 0 Å². The number of amides is 2. The molecule has 1 aromatic rings. The van der Waals surface area contributed by atoms with Crippen molar-refractivity contribution in [1.29, 1.82) is 0 Å². The molecule has 0 spiro atoms. The topological polar surface area (TPSA) is 67.9 Å². The van der Waals surface area contributed by atoms with E-state index < -0.39 is 23.1 Å². The molecule has 0 radical (unpaired) electrons. The maximum Gasteiger partial charge on any atom is 0.257 e. The molecule has 2 amide bonds. The first kappa shape index (κ1) is 18.1. The first-order valence-electron chi connectivity index (χ1n) is 7.54. The molecule has 6 nitrogen and oxygen atoms in total. The largest absolute Gasteiger partial charge is 0.497 e. The monoisotopic (exact) mass is 342 g/mol. The maximum atomic E-state index is 13.9. The van der Waals surface area contributed by atoms with Crippen LogP contribution < -0.4 is 10.1 Å². The Hall–Kier alpha value is -2.22. The Kier molecular flexibility index (Phi) is 6.08. The number of ether oxygens (including phenoxy) is 2. The van der Waals surface area contributed by atoms with Crippen LogP contribution in [0, 0.1) is 17.6 Å². The molecule has 0 unspecified atom stereocenters. The van der Waals surface area contributed by atoms with Gasteiger partial charge in [0, 0.05) is 51.2 Å². The van der Waals surface area contributed by atoms with Gasteiger partial charge in [-0.25, -0.2) is 8.78 Å². The van der Waals surface area contributed by atoms with Crippen molar-refractivity contribution in [3.63, 3.8) is 0 Å². The highest BCUT2D eigenvalue weighted by Gasteiger charge is 2.30. The molecule has 1 fully saturated rings. The van der Waals surface area contributed by atoms with Crippen LogP contribution in [0.1, 0.15) is 16.8 Å². The van der Waals surface area contributed by atoms with Gasteiger partial charge in [0.05, 0.1) is 13.7 Å². The van der Waals surface area contributed by atoms with Crippen molar-refractivity contribution >= 4 is 11.8 Å². The van der Waals surface area contributed by atoms with Crippen LogP contribution in [0.2, 0.25) is 0 Å². The predicted octanol–water partition coefficient (Wildman–Crippen LogP) is 1.20. The summed E-state index contributed by atoms with van der Waals surface area (Å²) in [6, 6.07) is 1.90. The van der Waals surface area contributed by atoms with Crippen LogP contribution in [-0.4, -0.2) is 57.2 Å². The quantitative estimate of drug-likeness (QED) is 0.808. The lowest BCUT2D eigenvalue weighted by Gasteiger charge is -2.16. The number of halogens is 2. The summed E-state index contributed by atoms with van der Waals surface area (Å²) in [6.45, 7) is 1.57. The third-order valence-corrected chi connectivity index (χ3v) is 3.89. The van der Waals surface area contributed by atoms with E-state index in [1.807, 2.05) is 0 Å². The smallest absolute Gasteiger partial charge is 0.257 e. The van der Waals surface area contributed by atoms with E-state index in [1.54, 1.807) is 12.0 Å². The first-order chi connectivity index (χ1) is 11.5. The van der Waals surface area contributed by atoms with Crippen molar-refractivity contribution < 1.29 is 27.8 Å². The summed E-state index contributed by atoms with van der Waals surface area (Å²) < 4.78 is 37.4. The molecular formula is C16H20F2N2O4. The fourth-order valence-electron chi connectivity index (χ4n) is 2.62. The molecule has 0 aliphatic carbocycles. The van der Waals surface area contributed by atoms with Gasteiger partial charge in [-0.3, -0.25) is 9.59 Å². The van der Waals surface area contributed by atoms with Crippen LogP contribution in [-0.2, 0) is 9.53 Å². The van der Waals surface area contributed by atoms with Gasteiger partial charge in [-0.05, 0) is 0 Å². The molecule has 24 heavy (non-hydrogen) atoms. The second-order valence-corrected chi connectivity index (χ2v) is 5.58. The number of likely N-dealkylation sites (tertiary alicyclic amines) is 1. The van der Waals surface area contributed by atoms with Gasteiger partial charge in [-0.2, -0.15) is 0 Å². The molecule has 2 rings (SSSR count). The minimum Gasteiger partial charge on any atom is -0.497 e. The lowest BCUT2D eigenvalue weighted by Crippen LogP contribution is -2.33. The average molecular weight is 342 g/mol. The molecule has 0 aromatic heterocycles. The summed E-state index contributed by atoms with van der Waals surface area (Å²) >= 11 is 0. The second kappa shape index (κ2) is 8.05. The van der Waals surface area contributed by atoms with Crippen LogP contribution in [0.3, 0.4) is 0 Å². The number of rotatable bonds is 7. The van der Waals surface area contributed by atoms with E-state index in [-0.39, 0.29) is 30.5 Å². The lowest BCUT2D eigenvalue weighted by molar-refractivity contribution is -0.128. The van der Waals surface area contributed by atoms with Crippen LogP contribution in [0.15, 0.2) is 12.1 Å². The van der Waals surface area contributed by atoms with Gasteiger partial charge in [0.15, 0.2) is 0 Å². The maximum absolute atomic E-state index is 13.9. The van der Waals surface area contributed by atoms with Gasteiger partial charge in [-0.1, -0.05) is 0 Å². The van der Waals surface area contributed by atoms with E-state index in [1.165, 1.54) is 7.11 Å². The molecule has 1 saturated heterocycles. The highest BCUT2D eigenvalue weighted by Crippen LogP contribution is 2.21. The van der Waals surface area contributed by atoms with Crippen molar-refractivity contribution in [2.45, 2.75) is 6.42 Å². The Morgan fingerprint density at radius 2 is 2.00 bits per heavy atom. The Morgan fingerprint density at radius 3 is 2.58 bits per heavy atom. The molecule has 1 aliphatic heterocycles. The summed E-state index contributed by atoms with van der Waals surface area (Å²) in [5.74, 6) is -2.95. The molecule has 132 valence electrons. The molecule has 1 atom stereocenters. The standard InChI is InChI=1S/C16H20F2N2O4/c1-23-4-3-20-9-10(5-14(20)21)8-19-16(22)15-12(17)6-11(24-2)7-13(15)18/h6-7,10H,3-5,8-9H2,1-2H3,(H,19,22)/t10-/m0/s1. The number of carbonyl (C=O) groups is 2. The van der Waals surface area contributed by atoms with Crippen LogP contribution in [0.5, 0.6) is 5.75 Å². The van der Waals surface area contributed by atoms with Crippen LogP contribution >= 0.6 is 0 Å². The minimum absolute atomic E-state index is 0.00303. The first-order valence-corrected chi connectivity index (χ1v) is 7.54. The SMILES string of the molecule is COCCN1C[C@H](CNC(=O)c2c(F)cc(OC)cc2F)CC1=O. The number of hydrogen-bond donors (Lipinski definition) is 1. The van der Waals surface area contributed by atoms with Crippen molar-refractivity contribution in [2.75, 3.05) is 40.5 Å². The van der Waals surface area contributed by atoms with E-state index in [4.69, 9.17) is 9.47 Å². The summed E-state index contributed by atoms with van der Waals surface area (Å²) in [7, 11) is 2.83. The van der Waals surface area contributed by atoms with Crippen LogP contribution in [0.25, 0.3) is 0 Å². The number of nitrogens with zero attached hydrogens (tertiary/aromatic N) is 1. The molecular weight excluding hydrogens is 322 g/mol. The van der Waals surface area contributed by atoms with E-state index in [0.29, 0.717) is 19.7 Å². The fraction of sp³-hybridized carbons (Fsp3) is 0.500. The Morgan fingerprint density at radius 1 is 1.33 bits per heavy atom. The summed E-state index contributed by atoms with van der Waals surface area (Å²) in [6.07, 6.45) is 0.289. The highest BCUT2D eigenvalue weighted by atomic mass is 19.1. The number of carbonyl (C=O) groups excluding carboxylic acids is 2. The zero-order valence-electron chi connectivity index (χ0n) is 13.6. The number of hydrogen-bond acceptors (Lipinski definition) is 4. The van der Waals surface area contributed by atoms with Gasteiger partial charge in [0.2, 0.25) is 5.91 Å². The Labute approximate surface area is 138 Å². The highest BCUT2D eigenvalue weighted by molar-refractivity contribution is 5.95. The minimum atomic E-state index is -0.992. The van der Waals surface area contributed by atoms with Crippen molar-refractivity contribution in [2.24, 2.45) is 5.92 Å². The zero-order chi connectivity index (χ0) is 17.7. The molecule has 8 heteroatoms. The molecule has 1 heterocycles. The van der Waals surface area contributed by atoms with E-state index in [0.717, 1.165) is 12.1 Å². The normalized spacial score (nSPS) is 17.2. The van der Waals surface area contributed by atoms with Gasteiger partial charge < -0.3 is 19.7 Å². The Bertz CT molecular complexity index is 601. The zero-order valence-corrected chi connectivity index (χ0v) is 13.6. The summed E-state index contributed by atoms with van der Waals surface area (Å²) in [5.41, 5.74) is -0.656. The molecule has 0 bridgehead atoms. The van der Waals surface area contributed by atoms with Gasteiger partial charge in [0.1, 0.15) is 22.9 Å². The third kappa shape index (κ3) is 4.19. The molecule has 0 saturated carbocycles. The predicted molar refractivity (Wildman–Crippen MR) is 81.8 cm³/mol. The molecule has 1 aromatic carbocycles. The van der Waals surface area contributed by atoms with E-state index >= 15 is 0 Å². The van der Waals surface area contributed by atoms with Gasteiger partial charge in [0.25, 0.3) is 5.91 Å². The second-order valence-electron chi connectivity index (χ2n) is 5.58.